The minimum atomic E-state index is -2.67. The zero-order chi connectivity index (χ0) is 7.15. The van der Waals surface area contributed by atoms with E-state index in [1.165, 1.54) is 0 Å². The second-order valence-corrected chi connectivity index (χ2v) is 0.590. The van der Waals surface area contributed by atoms with Crippen molar-refractivity contribution in [2.24, 2.45) is 0 Å². The average molecular weight is 184 g/mol. The standard InChI is InChI=1S/CH2O3.BHO3.K.Na/c2*2-1(3)4;;/h(H2,2,3,4);2H;;/q;-2;2*+1. The van der Waals surface area contributed by atoms with Crippen LogP contribution in [0.3, 0.4) is 0 Å². The molecule has 0 aliphatic carbocycles. The minimum absolute atomic E-state index is 0. The normalized spacial score (nSPS) is 5.10. The topological polar surface area (TPSA) is 124 Å². The Morgan fingerprint density at radius 2 is 1.30 bits per heavy atom. The van der Waals surface area contributed by atoms with Gasteiger partial charge in [-0.3, -0.25) is 0 Å². The van der Waals surface area contributed by atoms with E-state index in [0.29, 0.717) is 0 Å². The molecular weight excluding hydrogens is 181 g/mol. The largest absolute Gasteiger partial charge is 1.00 e. The second-order valence-electron chi connectivity index (χ2n) is 0.590. The molecule has 10 heavy (non-hydrogen) atoms. The first-order chi connectivity index (χ1) is 3.46. The van der Waals surface area contributed by atoms with Gasteiger partial charge in [0.15, 0.2) is 0 Å². The number of carbonyl (C=O) groups is 1. The van der Waals surface area contributed by atoms with E-state index < -0.39 is 13.5 Å². The number of carboxylic acid groups (broad SMARTS) is 2. The third-order valence-corrected chi connectivity index (χ3v) is 0. The molecule has 0 aliphatic heterocycles. The smallest absolute Gasteiger partial charge is 0.871 e. The van der Waals surface area contributed by atoms with Gasteiger partial charge in [-0.15, -0.1) is 0 Å². The molecule has 0 bridgehead atoms. The van der Waals surface area contributed by atoms with E-state index in [1.807, 2.05) is 0 Å². The van der Waals surface area contributed by atoms with E-state index in [1.54, 1.807) is 0 Å². The van der Waals surface area contributed by atoms with Crippen molar-refractivity contribution in [3.8, 4) is 0 Å². The zero-order valence-corrected chi connectivity index (χ0v) is 10.8. The van der Waals surface area contributed by atoms with Crippen molar-refractivity contribution >= 4 is 13.5 Å². The Morgan fingerprint density at radius 3 is 1.30 bits per heavy atom. The first-order valence-corrected chi connectivity index (χ1v) is 1.38. The van der Waals surface area contributed by atoms with Crippen LogP contribution in [0.5, 0.6) is 0 Å². The van der Waals surface area contributed by atoms with Crippen LogP contribution in [0.15, 0.2) is 0 Å². The van der Waals surface area contributed by atoms with Gasteiger partial charge in [0.1, 0.15) is 0 Å². The van der Waals surface area contributed by atoms with Crippen LogP contribution < -0.4 is 91.0 Å². The van der Waals surface area contributed by atoms with Crippen molar-refractivity contribution in [3.05, 3.63) is 0 Å². The summed E-state index contributed by atoms with van der Waals surface area (Å²) in [6.45, 7) is 0. The first kappa shape index (κ1) is 22.6. The van der Waals surface area contributed by atoms with Crippen molar-refractivity contribution in [1.82, 2.24) is 0 Å². The number of hydrogen-bond acceptors (Lipinski definition) is 4. The van der Waals surface area contributed by atoms with Crippen LogP contribution in [0.1, 0.15) is 0 Å². The Bertz CT molecular complexity index is 62.0. The molecular formula is CH3BKNaO6. The summed E-state index contributed by atoms with van der Waals surface area (Å²) in [4.78, 5) is 8.56. The summed E-state index contributed by atoms with van der Waals surface area (Å²) in [6, 6.07) is 0. The molecule has 3 N–H and O–H groups in total. The maximum Gasteiger partial charge on any atom is 1.00 e. The fourth-order valence-electron chi connectivity index (χ4n) is 0. The molecule has 0 saturated heterocycles. The van der Waals surface area contributed by atoms with Gasteiger partial charge >= 0.3 is 87.1 Å². The van der Waals surface area contributed by atoms with Crippen LogP contribution >= 0.6 is 0 Å². The number of hydrogen-bond donors (Lipinski definition) is 3. The Hall–Kier alpha value is 1.85. The summed E-state index contributed by atoms with van der Waals surface area (Å²) in [5, 5.41) is 37.9. The molecule has 0 aliphatic rings. The Labute approximate surface area is 122 Å². The van der Waals surface area contributed by atoms with Gasteiger partial charge < -0.3 is 25.3 Å². The molecule has 9 heteroatoms. The summed E-state index contributed by atoms with van der Waals surface area (Å²) in [6.07, 6.45) is -1.83. The Morgan fingerprint density at radius 1 is 1.30 bits per heavy atom. The molecule has 0 heterocycles. The molecule has 0 aromatic carbocycles. The fourth-order valence-corrected chi connectivity index (χ4v) is 0. The van der Waals surface area contributed by atoms with Gasteiger partial charge in [-0.2, -0.15) is 0 Å². The van der Waals surface area contributed by atoms with Crippen molar-refractivity contribution in [1.29, 1.82) is 0 Å². The molecule has 0 aromatic rings. The van der Waals surface area contributed by atoms with Crippen LogP contribution in [-0.2, 0) is 0 Å². The van der Waals surface area contributed by atoms with Crippen molar-refractivity contribution in [2.75, 3.05) is 0 Å². The maximum absolute atomic E-state index is 8.56. The molecule has 6 nitrogen and oxygen atoms in total. The van der Waals surface area contributed by atoms with Crippen LogP contribution in [0.4, 0.5) is 4.79 Å². The van der Waals surface area contributed by atoms with E-state index in [0.717, 1.165) is 0 Å². The molecule has 0 saturated carbocycles. The number of rotatable bonds is 0. The summed E-state index contributed by atoms with van der Waals surface area (Å²) in [5.41, 5.74) is 0. The van der Waals surface area contributed by atoms with Gasteiger partial charge in [0.05, 0.1) is 7.32 Å². The predicted molar refractivity (Wildman–Crippen MR) is 18.6 cm³/mol. The summed E-state index contributed by atoms with van der Waals surface area (Å²) in [7, 11) is -2.67. The Balaban J connectivity index is -0.0000000300. The monoisotopic (exact) mass is 184 g/mol. The zero-order valence-electron chi connectivity index (χ0n) is 5.64. The van der Waals surface area contributed by atoms with Crippen LogP contribution in [0, 0.1) is 0 Å². The van der Waals surface area contributed by atoms with Gasteiger partial charge in [-0.05, 0) is 0 Å². The van der Waals surface area contributed by atoms with E-state index in [2.05, 4.69) is 0 Å². The SMILES string of the molecule is O=C(O)O.[K+].[Na+].[O-]B([O-])O. The van der Waals surface area contributed by atoms with Crippen molar-refractivity contribution in [3.63, 3.8) is 0 Å². The second kappa shape index (κ2) is 17.1. The quantitative estimate of drug-likeness (QED) is 0.321. The molecule has 0 fully saturated rings. The van der Waals surface area contributed by atoms with Crippen LogP contribution in [0.25, 0.3) is 0 Å². The fraction of sp³-hybridized carbons (Fsp3) is 0. The van der Waals surface area contributed by atoms with Gasteiger partial charge in [0.2, 0.25) is 0 Å². The summed E-state index contributed by atoms with van der Waals surface area (Å²) in [5.74, 6) is 0. The van der Waals surface area contributed by atoms with Crippen molar-refractivity contribution in [2.45, 2.75) is 0 Å². The van der Waals surface area contributed by atoms with E-state index in [4.69, 9.17) is 30.1 Å². The third kappa shape index (κ3) is 225. The maximum atomic E-state index is 8.56. The van der Waals surface area contributed by atoms with Gasteiger partial charge in [0, 0.05) is 0 Å². The van der Waals surface area contributed by atoms with Crippen molar-refractivity contribution < 1.29 is 111 Å². The third-order valence-electron chi connectivity index (χ3n) is 0. The van der Waals surface area contributed by atoms with Gasteiger partial charge in [0.25, 0.3) is 0 Å². The molecule has 0 amide bonds. The summed E-state index contributed by atoms with van der Waals surface area (Å²) < 4.78 is 0. The average Bonchev–Trinajstić information content (AvgIpc) is 1.25. The first-order valence-electron chi connectivity index (χ1n) is 1.38. The van der Waals surface area contributed by atoms with E-state index in [9.17, 15) is 0 Å². The van der Waals surface area contributed by atoms with Crippen LogP contribution in [0.2, 0.25) is 0 Å². The van der Waals surface area contributed by atoms with E-state index >= 15 is 0 Å². The molecule has 0 atom stereocenters. The van der Waals surface area contributed by atoms with E-state index in [-0.39, 0.29) is 80.9 Å². The molecule has 0 rings (SSSR count). The summed E-state index contributed by atoms with van der Waals surface area (Å²) >= 11 is 0. The van der Waals surface area contributed by atoms with Gasteiger partial charge in [-0.25, -0.2) is 4.79 Å². The molecule has 0 radical (unpaired) electrons. The molecule has 0 unspecified atom stereocenters. The van der Waals surface area contributed by atoms with Gasteiger partial charge in [-0.1, -0.05) is 0 Å². The molecule has 0 aromatic heterocycles. The molecule has 0 spiro atoms. The van der Waals surface area contributed by atoms with Crippen LogP contribution in [-0.4, -0.2) is 28.7 Å². The predicted octanol–water partition coefficient (Wildman–Crippen LogP) is -9.09. The Kier molecular flexibility index (Phi) is 38.7. The minimum Gasteiger partial charge on any atom is -0.871 e. The molecule has 48 valence electrons.